The fraction of sp³-hybridized carbons (Fsp3) is 1.00. The molecule has 0 radical (unpaired) electrons. The summed E-state index contributed by atoms with van der Waals surface area (Å²) in [6, 6.07) is 0. The molecule has 1 heterocycles. The third kappa shape index (κ3) is 0.698. The first-order valence-corrected chi connectivity index (χ1v) is 2.01. The Morgan fingerprint density at radius 1 is 2.00 bits per heavy atom. The van der Waals surface area contributed by atoms with E-state index in [9.17, 15) is 0 Å². The topological polar surface area (TPSA) is 29.5 Å². The van der Waals surface area contributed by atoms with Gasteiger partial charge in [-0.1, -0.05) is 0 Å². The van der Waals surface area contributed by atoms with Crippen molar-refractivity contribution in [1.29, 1.82) is 0 Å². The van der Waals surface area contributed by atoms with Crippen LogP contribution in [-0.2, 0) is 4.74 Å². The van der Waals surface area contributed by atoms with E-state index in [1.807, 2.05) is 0 Å². The average Bonchev–Trinajstić information content (AvgIpc) is 1.84. The van der Waals surface area contributed by atoms with E-state index in [1.165, 1.54) is 0 Å². The zero-order valence-electron chi connectivity index (χ0n) is 4.48. The van der Waals surface area contributed by atoms with Gasteiger partial charge in [0.05, 0.1) is 14.1 Å². The van der Waals surface area contributed by atoms with Gasteiger partial charge in [-0.05, 0) is 6.42 Å². The molecule has 0 aromatic heterocycles. The van der Waals surface area contributed by atoms with E-state index in [-0.39, 0.29) is 6.61 Å². The van der Waals surface area contributed by atoms with Crippen LogP contribution in [0.5, 0.6) is 0 Å². The van der Waals surface area contributed by atoms with Crippen molar-refractivity contribution in [2.75, 3.05) is 13.2 Å². The van der Waals surface area contributed by atoms with Crippen molar-refractivity contribution >= 4 is 0 Å². The summed E-state index contributed by atoms with van der Waals surface area (Å²) in [4.78, 5) is 0. The number of rotatable bonds is 0. The monoisotopic (exact) mass is 89.1 g/mol. The number of hydrogen-bond acceptors (Lipinski definition) is 2. The Morgan fingerprint density at radius 2 is 2.83 bits per heavy atom. The second kappa shape index (κ2) is 1.58. The first kappa shape index (κ1) is 2.99. The Balaban J connectivity index is 2.40. The summed E-state index contributed by atoms with van der Waals surface area (Å²) in [5, 5.41) is 8.74. The SMILES string of the molecule is [2H]C1(O)CCOC1. The van der Waals surface area contributed by atoms with Crippen molar-refractivity contribution in [2.24, 2.45) is 0 Å². The molecule has 1 aliphatic rings. The van der Waals surface area contributed by atoms with Crippen LogP contribution in [0, 0.1) is 0 Å². The van der Waals surface area contributed by atoms with Crippen molar-refractivity contribution in [2.45, 2.75) is 12.5 Å². The third-order valence-corrected chi connectivity index (χ3v) is 0.804. The summed E-state index contributed by atoms with van der Waals surface area (Å²) in [6.45, 7) is 0.701. The Hall–Kier alpha value is -0.0800. The second-order valence-electron chi connectivity index (χ2n) is 1.37. The van der Waals surface area contributed by atoms with Gasteiger partial charge in [-0.25, -0.2) is 0 Å². The largest absolute Gasteiger partial charge is 0.391 e. The van der Waals surface area contributed by atoms with Crippen LogP contribution in [0.25, 0.3) is 0 Å². The molecule has 1 fully saturated rings. The number of hydrogen-bond donors (Lipinski definition) is 1. The summed E-state index contributed by atoms with van der Waals surface area (Å²) in [5.41, 5.74) is 0. The molecule has 0 bridgehead atoms. The van der Waals surface area contributed by atoms with Gasteiger partial charge in [-0.15, -0.1) is 0 Å². The molecule has 0 saturated carbocycles. The molecule has 0 aromatic carbocycles. The zero-order chi connectivity index (χ0) is 5.33. The van der Waals surface area contributed by atoms with Crippen molar-refractivity contribution in [3.63, 3.8) is 0 Å². The minimum Gasteiger partial charge on any atom is -0.391 e. The highest BCUT2D eigenvalue weighted by molar-refractivity contribution is 4.58. The molecule has 0 amide bonds. The van der Waals surface area contributed by atoms with Gasteiger partial charge in [0.15, 0.2) is 0 Å². The lowest BCUT2D eigenvalue weighted by Gasteiger charge is -1.89. The molecule has 0 aliphatic carbocycles. The maximum absolute atomic E-state index is 8.74. The average molecular weight is 89.1 g/mol. The van der Waals surface area contributed by atoms with Gasteiger partial charge in [0.1, 0.15) is 0 Å². The normalized spacial score (nSPS) is 49.2. The minimum absolute atomic E-state index is 0.174. The molecular formula is C4H8O2. The van der Waals surface area contributed by atoms with E-state index in [4.69, 9.17) is 11.2 Å². The van der Waals surface area contributed by atoms with Gasteiger partial charge < -0.3 is 9.84 Å². The standard InChI is InChI=1S/C4H8O2/c5-4-1-2-6-3-4/h4-5H,1-3H2/i4D. The molecule has 2 nitrogen and oxygen atoms in total. The molecule has 1 atom stereocenters. The lowest BCUT2D eigenvalue weighted by molar-refractivity contribution is 0.127. The third-order valence-electron chi connectivity index (χ3n) is 0.804. The Bertz CT molecular complexity index is 64.1. The summed E-state index contributed by atoms with van der Waals surface area (Å²) in [5.74, 6) is 0. The van der Waals surface area contributed by atoms with Gasteiger partial charge in [0, 0.05) is 6.61 Å². The molecule has 0 spiro atoms. The molecule has 2 heteroatoms. The van der Waals surface area contributed by atoms with Crippen molar-refractivity contribution in [3.8, 4) is 0 Å². The summed E-state index contributed by atoms with van der Waals surface area (Å²) in [6.07, 6.45) is -0.826. The first-order chi connectivity index (χ1) is 3.21. The van der Waals surface area contributed by atoms with Gasteiger partial charge >= 0.3 is 0 Å². The van der Waals surface area contributed by atoms with Crippen LogP contribution < -0.4 is 0 Å². The zero-order valence-corrected chi connectivity index (χ0v) is 3.48. The lowest BCUT2D eigenvalue weighted by atomic mass is 10.3. The van der Waals surface area contributed by atoms with Crippen LogP contribution >= 0.6 is 0 Å². The Labute approximate surface area is 38.1 Å². The number of ether oxygens (including phenoxy) is 1. The molecule has 1 aliphatic heterocycles. The molecule has 1 saturated heterocycles. The predicted octanol–water partition coefficient (Wildman–Crippen LogP) is -0.232. The quantitative estimate of drug-likeness (QED) is 0.444. The predicted molar refractivity (Wildman–Crippen MR) is 21.4 cm³/mol. The highest BCUT2D eigenvalue weighted by atomic mass is 16.5. The smallest absolute Gasteiger partial charge is 0.0795 e. The number of aliphatic hydroxyl groups is 1. The molecule has 0 aromatic rings. The van der Waals surface area contributed by atoms with Crippen molar-refractivity contribution in [3.05, 3.63) is 0 Å². The van der Waals surface area contributed by atoms with E-state index in [0.29, 0.717) is 13.0 Å². The summed E-state index contributed by atoms with van der Waals surface area (Å²) >= 11 is 0. The van der Waals surface area contributed by atoms with Crippen molar-refractivity contribution in [1.82, 2.24) is 0 Å². The first-order valence-electron chi connectivity index (χ1n) is 2.51. The summed E-state index contributed by atoms with van der Waals surface area (Å²) in [7, 11) is 0. The van der Waals surface area contributed by atoms with E-state index in [1.54, 1.807) is 0 Å². The van der Waals surface area contributed by atoms with Crippen LogP contribution in [0.1, 0.15) is 7.79 Å². The van der Waals surface area contributed by atoms with E-state index in [2.05, 4.69) is 0 Å². The fourth-order valence-electron chi connectivity index (χ4n) is 0.452. The fourth-order valence-corrected chi connectivity index (χ4v) is 0.452. The van der Waals surface area contributed by atoms with Crippen LogP contribution in [0.3, 0.4) is 0 Å². The maximum atomic E-state index is 8.74. The van der Waals surface area contributed by atoms with Crippen LogP contribution in [-0.4, -0.2) is 24.4 Å². The maximum Gasteiger partial charge on any atom is 0.0795 e. The minimum atomic E-state index is -1.28. The molecule has 1 N–H and O–H groups in total. The van der Waals surface area contributed by atoms with Gasteiger partial charge in [0.2, 0.25) is 0 Å². The van der Waals surface area contributed by atoms with E-state index >= 15 is 0 Å². The van der Waals surface area contributed by atoms with Crippen LogP contribution in [0.15, 0.2) is 0 Å². The molecule has 6 heavy (non-hydrogen) atoms. The second-order valence-corrected chi connectivity index (χ2v) is 1.37. The molecular weight excluding hydrogens is 80.0 g/mol. The molecule has 1 unspecified atom stereocenters. The molecule has 1 rings (SSSR count). The lowest BCUT2D eigenvalue weighted by Crippen LogP contribution is -2.02. The van der Waals surface area contributed by atoms with E-state index < -0.39 is 6.08 Å². The van der Waals surface area contributed by atoms with Crippen LogP contribution in [0.4, 0.5) is 0 Å². The molecule has 36 valence electrons. The van der Waals surface area contributed by atoms with Crippen molar-refractivity contribution < 1.29 is 11.2 Å². The van der Waals surface area contributed by atoms with E-state index in [0.717, 1.165) is 0 Å². The Kier molecular flexibility index (Phi) is 0.787. The van der Waals surface area contributed by atoms with Gasteiger partial charge in [-0.2, -0.15) is 0 Å². The van der Waals surface area contributed by atoms with Gasteiger partial charge in [0.25, 0.3) is 0 Å². The highest BCUT2D eigenvalue weighted by Gasteiger charge is 2.09. The highest BCUT2D eigenvalue weighted by Crippen LogP contribution is 2.00. The van der Waals surface area contributed by atoms with Gasteiger partial charge in [-0.3, -0.25) is 0 Å². The Morgan fingerprint density at radius 3 is 3.00 bits per heavy atom. The summed E-state index contributed by atoms with van der Waals surface area (Å²) < 4.78 is 11.6. The van der Waals surface area contributed by atoms with Crippen LogP contribution in [0.2, 0.25) is 0 Å².